The number of carbonyl (C=O) groups excluding carboxylic acids is 1. The van der Waals surface area contributed by atoms with Gasteiger partial charge in [0.1, 0.15) is 5.82 Å². The number of hydrogen-bond donors (Lipinski definition) is 0. The number of rotatable bonds is 10. The number of likely N-dealkylation sites (N-methyl/N-ethyl adjacent to an activating group) is 1. The summed E-state index contributed by atoms with van der Waals surface area (Å²) in [6, 6.07) is 21.7. The third-order valence-corrected chi connectivity index (χ3v) is 5.67. The van der Waals surface area contributed by atoms with E-state index in [9.17, 15) is 9.18 Å². The Kier molecular flexibility index (Phi) is 8.15. The molecule has 0 fully saturated rings. The Morgan fingerprint density at radius 2 is 1.47 bits per heavy atom. The maximum atomic E-state index is 14.9. The first-order valence-corrected chi connectivity index (χ1v) is 11.0. The second-order valence-corrected chi connectivity index (χ2v) is 7.98. The zero-order chi connectivity index (χ0) is 22.9. The molecule has 0 atom stereocenters. The summed E-state index contributed by atoms with van der Waals surface area (Å²) in [6.45, 7) is 7.94. The van der Waals surface area contributed by atoms with Gasteiger partial charge in [0, 0.05) is 19.2 Å². The topological polar surface area (TPSA) is 20.3 Å². The largest absolute Gasteiger partial charge is 0.342 e. The van der Waals surface area contributed by atoms with Crippen LogP contribution in [0.25, 0.3) is 22.3 Å². The summed E-state index contributed by atoms with van der Waals surface area (Å²) in [5.74, 6) is -0.293. The molecule has 0 N–H and O–H groups in total. The summed E-state index contributed by atoms with van der Waals surface area (Å²) in [5, 5.41) is 0. The standard InChI is InChI=1S/C29H30FNO/c1-4-6-8-22-10-14-24(15-11-22)26-18-19-27(28(30)21-26)25-16-12-23(13-17-25)9-7-20-31(3)29(32)5-2/h4-5,10-19,21H,1-2,6-9,20H2,3H3. The SMILES string of the molecule is C=CCCc1ccc(-c2ccc(-c3ccc(CCCN(C)C(=O)C=C)cc3)c(F)c2)cc1. The van der Waals surface area contributed by atoms with Crippen LogP contribution in [0.4, 0.5) is 4.39 Å². The van der Waals surface area contributed by atoms with Crippen LogP contribution in [0.5, 0.6) is 0 Å². The van der Waals surface area contributed by atoms with Gasteiger partial charge in [-0.15, -0.1) is 6.58 Å². The predicted octanol–water partition coefficient (Wildman–Crippen LogP) is 6.86. The van der Waals surface area contributed by atoms with Gasteiger partial charge in [0.25, 0.3) is 0 Å². The van der Waals surface area contributed by atoms with Gasteiger partial charge in [0.15, 0.2) is 0 Å². The third kappa shape index (κ3) is 6.04. The number of halogens is 1. The molecule has 3 rings (SSSR count). The molecule has 3 heteroatoms. The summed E-state index contributed by atoms with van der Waals surface area (Å²) in [5.41, 5.74) is 5.76. The molecule has 0 aromatic heterocycles. The fourth-order valence-corrected chi connectivity index (χ4v) is 3.70. The van der Waals surface area contributed by atoms with E-state index in [0.29, 0.717) is 12.1 Å². The van der Waals surface area contributed by atoms with E-state index < -0.39 is 0 Å². The van der Waals surface area contributed by atoms with Crippen molar-refractivity contribution in [2.24, 2.45) is 0 Å². The Morgan fingerprint density at radius 1 is 0.875 bits per heavy atom. The van der Waals surface area contributed by atoms with E-state index in [-0.39, 0.29) is 11.7 Å². The van der Waals surface area contributed by atoms with Crippen LogP contribution >= 0.6 is 0 Å². The molecule has 2 nitrogen and oxygen atoms in total. The summed E-state index contributed by atoms with van der Waals surface area (Å²) in [4.78, 5) is 13.2. The van der Waals surface area contributed by atoms with Crippen molar-refractivity contribution >= 4 is 5.91 Å². The smallest absolute Gasteiger partial charge is 0.245 e. The van der Waals surface area contributed by atoms with Gasteiger partial charge in [-0.05, 0) is 65.6 Å². The highest BCUT2D eigenvalue weighted by atomic mass is 19.1. The van der Waals surface area contributed by atoms with Gasteiger partial charge in [-0.25, -0.2) is 4.39 Å². The maximum absolute atomic E-state index is 14.9. The van der Waals surface area contributed by atoms with Crippen LogP contribution in [0.1, 0.15) is 24.0 Å². The quantitative estimate of drug-likeness (QED) is 0.256. The van der Waals surface area contributed by atoms with Crippen molar-refractivity contribution in [3.05, 3.63) is 109 Å². The van der Waals surface area contributed by atoms with Crippen LogP contribution in [0, 0.1) is 5.82 Å². The minimum atomic E-state index is -0.226. The van der Waals surface area contributed by atoms with Crippen LogP contribution < -0.4 is 0 Å². The minimum absolute atomic E-state index is 0.0668. The molecule has 164 valence electrons. The molecule has 0 unspecified atom stereocenters. The zero-order valence-corrected chi connectivity index (χ0v) is 18.7. The van der Waals surface area contributed by atoms with E-state index in [1.54, 1.807) is 18.0 Å². The van der Waals surface area contributed by atoms with Crippen molar-refractivity contribution in [1.29, 1.82) is 0 Å². The van der Waals surface area contributed by atoms with Gasteiger partial charge in [0.2, 0.25) is 5.91 Å². The predicted molar refractivity (Wildman–Crippen MR) is 132 cm³/mol. The molecule has 0 spiro atoms. The fraction of sp³-hybridized carbons (Fsp3) is 0.207. The highest BCUT2D eigenvalue weighted by molar-refractivity contribution is 5.86. The average molecular weight is 428 g/mol. The Bertz CT molecular complexity index is 1070. The van der Waals surface area contributed by atoms with E-state index in [4.69, 9.17) is 0 Å². The van der Waals surface area contributed by atoms with E-state index in [2.05, 4.69) is 25.3 Å². The second-order valence-electron chi connectivity index (χ2n) is 7.98. The molecule has 1 amide bonds. The molecule has 0 saturated carbocycles. The van der Waals surface area contributed by atoms with Crippen LogP contribution in [0.3, 0.4) is 0 Å². The van der Waals surface area contributed by atoms with Crippen molar-refractivity contribution < 1.29 is 9.18 Å². The number of hydrogen-bond acceptors (Lipinski definition) is 1. The number of benzene rings is 3. The minimum Gasteiger partial charge on any atom is -0.342 e. The first kappa shape index (κ1) is 23.2. The summed E-state index contributed by atoms with van der Waals surface area (Å²) >= 11 is 0. The van der Waals surface area contributed by atoms with Crippen LogP contribution in [0.2, 0.25) is 0 Å². The number of allylic oxidation sites excluding steroid dienone is 1. The molecule has 32 heavy (non-hydrogen) atoms. The van der Waals surface area contributed by atoms with Gasteiger partial charge < -0.3 is 4.90 Å². The van der Waals surface area contributed by atoms with Crippen molar-refractivity contribution in [3.63, 3.8) is 0 Å². The van der Waals surface area contributed by atoms with Gasteiger partial charge in [0.05, 0.1) is 0 Å². The maximum Gasteiger partial charge on any atom is 0.245 e. The molecule has 0 aliphatic rings. The van der Waals surface area contributed by atoms with Crippen LogP contribution in [-0.4, -0.2) is 24.4 Å². The molecule has 3 aromatic rings. The van der Waals surface area contributed by atoms with Gasteiger partial charge in [-0.3, -0.25) is 4.79 Å². The number of amides is 1. The molecular formula is C29H30FNO. The van der Waals surface area contributed by atoms with Crippen molar-refractivity contribution in [2.75, 3.05) is 13.6 Å². The Balaban J connectivity index is 1.65. The Hall–Kier alpha value is -3.46. The molecule has 0 saturated heterocycles. The normalized spacial score (nSPS) is 10.6. The summed E-state index contributed by atoms with van der Waals surface area (Å²) in [7, 11) is 1.77. The number of carbonyl (C=O) groups is 1. The molecular weight excluding hydrogens is 397 g/mol. The summed E-state index contributed by atoms with van der Waals surface area (Å²) in [6.07, 6.45) is 6.89. The first-order valence-electron chi connectivity index (χ1n) is 11.0. The average Bonchev–Trinajstić information content (AvgIpc) is 2.83. The number of nitrogens with zero attached hydrogens (tertiary/aromatic N) is 1. The molecule has 0 bridgehead atoms. The zero-order valence-electron chi connectivity index (χ0n) is 18.7. The Labute approximate surface area is 190 Å². The molecule has 0 heterocycles. The molecule has 0 radical (unpaired) electrons. The van der Waals surface area contributed by atoms with Gasteiger partial charge in [-0.2, -0.15) is 0 Å². The van der Waals surface area contributed by atoms with Crippen LogP contribution in [-0.2, 0) is 17.6 Å². The lowest BCUT2D eigenvalue weighted by molar-refractivity contribution is -0.124. The highest BCUT2D eigenvalue weighted by Gasteiger charge is 2.09. The Morgan fingerprint density at radius 3 is 2.06 bits per heavy atom. The van der Waals surface area contributed by atoms with Crippen LogP contribution in [0.15, 0.2) is 92.0 Å². The molecule has 3 aromatic carbocycles. The molecule has 0 aliphatic carbocycles. The monoisotopic (exact) mass is 427 g/mol. The van der Waals surface area contributed by atoms with Crippen molar-refractivity contribution in [1.82, 2.24) is 4.90 Å². The highest BCUT2D eigenvalue weighted by Crippen LogP contribution is 2.28. The molecule has 0 aliphatic heterocycles. The lowest BCUT2D eigenvalue weighted by Crippen LogP contribution is -2.25. The van der Waals surface area contributed by atoms with Gasteiger partial charge in [-0.1, -0.05) is 73.3 Å². The van der Waals surface area contributed by atoms with E-state index >= 15 is 0 Å². The fourth-order valence-electron chi connectivity index (χ4n) is 3.70. The summed E-state index contributed by atoms with van der Waals surface area (Å²) < 4.78 is 14.9. The second kappa shape index (κ2) is 11.2. The van der Waals surface area contributed by atoms with Gasteiger partial charge >= 0.3 is 0 Å². The number of aryl methyl sites for hydroxylation is 2. The van der Waals surface area contributed by atoms with Crippen molar-refractivity contribution in [3.8, 4) is 22.3 Å². The van der Waals surface area contributed by atoms with Crippen molar-refractivity contribution in [2.45, 2.75) is 25.7 Å². The van der Waals surface area contributed by atoms with E-state index in [1.807, 2.05) is 54.6 Å². The third-order valence-electron chi connectivity index (χ3n) is 5.67. The van der Waals surface area contributed by atoms with E-state index in [1.165, 1.54) is 17.2 Å². The lowest BCUT2D eigenvalue weighted by Gasteiger charge is -2.14. The first-order chi connectivity index (χ1) is 15.5. The van der Waals surface area contributed by atoms with E-state index in [0.717, 1.165) is 42.4 Å². The lowest BCUT2D eigenvalue weighted by atomic mass is 9.97.